The molecule has 4 aliphatic heterocycles. The van der Waals surface area contributed by atoms with E-state index in [1.807, 2.05) is 12.1 Å². The van der Waals surface area contributed by atoms with Crippen LogP contribution in [0.5, 0.6) is 23.0 Å². The molecule has 0 amide bonds. The number of nitrogens with zero attached hydrogens (tertiary/aromatic N) is 1. The van der Waals surface area contributed by atoms with E-state index in [1.165, 1.54) is 5.56 Å². The van der Waals surface area contributed by atoms with Crippen LogP contribution in [0.25, 0.3) is 0 Å². The monoisotopic (exact) mass is 369 g/mol. The highest BCUT2D eigenvalue weighted by atomic mass is 16.7. The third-order valence-electron chi connectivity index (χ3n) is 5.89. The van der Waals surface area contributed by atoms with E-state index < -0.39 is 6.29 Å². The molecule has 0 radical (unpaired) electrons. The maximum atomic E-state index is 10.6. The van der Waals surface area contributed by atoms with Crippen molar-refractivity contribution in [2.24, 2.45) is 0 Å². The fraction of sp³-hybridized carbons (Fsp3) is 0.400. The Balaban J connectivity index is 1.48. The van der Waals surface area contributed by atoms with Gasteiger partial charge in [0.2, 0.25) is 13.6 Å². The number of benzene rings is 2. The third-order valence-corrected chi connectivity index (χ3v) is 5.89. The molecule has 0 saturated heterocycles. The molecule has 1 N–H and O–H groups in total. The van der Waals surface area contributed by atoms with Crippen LogP contribution in [0, 0.1) is 0 Å². The second-order valence-corrected chi connectivity index (χ2v) is 7.29. The second kappa shape index (κ2) is 5.51. The Morgan fingerprint density at radius 3 is 2.63 bits per heavy atom. The Morgan fingerprint density at radius 1 is 0.963 bits per heavy atom. The predicted molar refractivity (Wildman–Crippen MR) is 93.0 cm³/mol. The van der Waals surface area contributed by atoms with Crippen LogP contribution in [-0.4, -0.2) is 37.2 Å². The van der Waals surface area contributed by atoms with Gasteiger partial charge in [-0.05, 0) is 48.4 Å². The van der Waals surface area contributed by atoms with Gasteiger partial charge in [-0.15, -0.1) is 0 Å². The summed E-state index contributed by atoms with van der Waals surface area (Å²) in [6.07, 6.45) is -0.411. The van der Waals surface area contributed by atoms with Crippen molar-refractivity contribution in [2.75, 3.05) is 27.2 Å². The molecule has 0 bridgehead atoms. The lowest BCUT2D eigenvalue weighted by Gasteiger charge is -2.38. The predicted octanol–water partition coefficient (Wildman–Crippen LogP) is 2.44. The summed E-state index contributed by atoms with van der Waals surface area (Å²) in [7, 11) is 2.08. The minimum atomic E-state index is -1.03. The van der Waals surface area contributed by atoms with E-state index in [0.29, 0.717) is 17.1 Å². The van der Waals surface area contributed by atoms with E-state index in [2.05, 4.69) is 24.1 Å². The number of likely N-dealkylation sites (N-methyl/N-ethyl adjacent to an activating group) is 1. The first kappa shape index (κ1) is 15.6. The maximum Gasteiger partial charge on any atom is 0.231 e. The van der Waals surface area contributed by atoms with Crippen molar-refractivity contribution in [2.45, 2.75) is 24.9 Å². The number of rotatable bonds is 1. The molecular formula is C20H19NO6. The Kier molecular flexibility index (Phi) is 3.18. The van der Waals surface area contributed by atoms with E-state index in [0.717, 1.165) is 35.6 Å². The van der Waals surface area contributed by atoms with E-state index >= 15 is 0 Å². The summed E-state index contributed by atoms with van der Waals surface area (Å²) >= 11 is 0. The first-order valence-electron chi connectivity index (χ1n) is 9.09. The molecule has 1 unspecified atom stereocenters. The van der Waals surface area contributed by atoms with Gasteiger partial charge >= 0.3 is 0 Å². The van der Waals surface area contributed by atoms with Crippen LogP contribution in [0.2, 0.25) is 0 Å². The molecule has 6 rings (SSSR count). The fourth-order valence-electron chi connectivity index (χ4n) is 4.60. The van der Waals surface area contributed by atoms with Crippen LogP contribution in [0.4, 0.5) is 0 Å². The zero-order chi connectivity index (χ0) is 18.1. The second-order valence-electron chi connectivity index (χ2n) is 7.29. The number of aliphatic hydroxyl groups is 1. The van der Waals surface area contributed by atoms with Crippen LogP contribution in [-0.2, 0) is 11.2 Å². The Morgan fingerprint density at radius 2 is 1.74 bits per heavy atom. The normalized spacial score (nSPS) is 27.6. The topological polar surface area (TPSA) is 69.6 Å². The van der Waals surface area contributed by atoms with Gasteiger partial charge in [-0.2, -0.15) is 0 Å². The van der Waals surface area contributed by atoms with Crippen molar-refractivity contribution in [3.63, 3.8) is 0 Å². The Hall–Kier alpha value is -2.48. The molecule has 0 aromatic heterocycles. The minimum absolute atomic E-state index is 0.0421. The Labute approximate surface area is 156 Å². The lowest BCUT2D eigenvalue weighted by atomic mass is 9.86. The highest BCUT2D eigenvalue weighted by Crippen LogP contribution is 2.54. The molecule has 0 saturated carbocycles. The quantitative estimate of drug-likeness (QED) is 0.828. The lowest BCUT2D eigenvalue weighted by Crippen LogP contribution is -2.35. The summed E-state index contributed by atoms with van der Waals surface area (Å²) in [4.78, 5) is 2.27. The smallest absolute Gasteiger partial charge is 0.231 e. The summed E-state index contributed by atoms with van der Waals surface area (Å²) < 4.78 is 28.2. The van der Waals surface area contributed by atoms with Crippen molar-refractivity contribution < 1.29 is 28.8 Å². The number of hydrogen-bond acceptors (Lipinski definition) is 7. The van der Waals surface area contributed by atoms with Crippen molar-refractivity contribution in [1.29, 1.82) is 0 Å². The highest BCUT2D eigenvalue weighted by molar-refractivity contribution is 5.56. The average Bonchev–Trinajstić information content (AvgIpc) is 3.38. The number of ether oxygens (including phenoxy) is 5. The van der Waals surface area contributed by atoms with E-state index in [9.17, 15) is 5.11 Å². The maximum absolute atomic E-state index is 10.6. The van der Waals surface area contributed by atoms with Crippen LogP contribution in [0.1, 0.15) is 40.7 Å². The number of fused-ring (bicyclic) bond motifs is 5. The lowest BCUT2D eigenvalue weighted by molar-refractivity contribution is -0.142. The molecule has 0 fully saturated rings. The summed E-state index contributed by atoms with van der Waals surface area (Å²) in [6.45, 7) is 1.32. The van der Waals surface area contributed by atoms with E-state index in [-0.39, 0.29) is 25.7 Å². The molecular weight excluding hydrogens is 350 g/mol. The molecule has 2 aromatic carbocycles. The zero-order valence-electron chi connectivity index (χ0n) is 14.8. The largest absolute Gasteiger partial charge is 0.454 e. The van der Waals surface area contributed by atoms with Crippen LogP contribution in [0.15, 0.2) is 24.3 Å². The molecule has 0 spiro atoms. The Bertz CT molecular complexity index is 945. The van der Waals surface area contributed by atoms with Gasteiger partial charge in [0.05, 0.1) is 11.6 Å². The van der Waals surface area contributed by atoms with Gasteiger partial charge in [-0.3, -0.25) is 4.90 Å². The van der Waals surface area contributed by atoms with E-state index in [4.69, 9.17) is 23.7 Å². The van der Waals surface area contributed by atoms with Gasteiger partial charge in [0.1, 0.15) is 6.10 Å². The van der Waals surface area contributed by atoms with Crippen LogP contribution < -0.4 is 18.9 Å². The molecule has 4 aliphatic rings. The van der Waals surface area contributed by atoms with Crippen molar-refractivity contribution in [3.8, 4) is 23.0 Å². The van der Waals surface area contributed by atoms with Crippen LogP contribution in [0.3, 0.4) is 0 Å². The van der Waals surface area contributed by atoms with Crippen molar-refractivity contribution in [3.05, 3.63) is 46.5 Å². The first-order valence-corrected chi connectivity index (χ1v) is 9.09. The molecule has 4 heterocycles. The minimum Gasteiger partial charge on any atom is -0.454 e. The average molecular weight is 369 g/mol. The van der Waals surface area contributed by atoms with Crippen molar-refractivity contribution >= 4 is 0 Å². The SMILES string of the molecule is CN1CCc2cc3c(cc2[C@H]1C1O[C@H](O)c2c1ccc1c2OCO1)OCO3. The fourth-order valence-corrected chi connectivity index (χ4v) is 4.60. The third kappa shape index (κ3) is 2.13. The molecule has 140 valence electrons. The van der Waals surface area contributed by atoms with E-state index in [1.54, 1.807) is 0 Å². The van der Waals surface area contributed by atoms with Gasteiger partial charge in [0.25, 0.3) is 0 Å². The molecule has 7 nitrogen and oxygen atoms in total. The summed E-state index contributed by atoms with van der Waals surface area (Å²) in [5, 5.41) is 10.6. The first-order chi connectivity index (χ1) is 13.2. The van der Waals surface area contributed by atoms with Gasteiger partial charge in [-0.1, -0.05) is 6.07 Å². The summed E-state index contributed by atoms with van der Waals surface area (Å²) in [5.41, 5.74) is 4.00. The molecule has 2 aromatic rings. The van der Waals surface area contributed by atoms with Crippen molar-refractivity contribution in [1.82, 2.24) is 4.90 Å². The molecule has 3 atom stereocenters. The molecule has 27 heavy (non-hydrogen) atoms. The number of aliphatic hydroxyl groups excluding tert-OH is 1. The van der Waals surface area contributed by atoms with Gasteiger partial charge < -0.3 is 28.8 Å². The highest BCUT2D eigenvalue weighted by Gasteiger charge is 2.44. The van der Waals surface area contributed by atoms with Crippen LogP contribution >= 0.6 is 0 Å². The van der Waals surface area contributed by atoms with Gasteiger partial charge in [-0.25, -0.2) is 0 Å². The molecule has 0 aliphatic carbocycles. The number of hydrogen-bond donors (Lipinski definition) is 1. The zero-order valence-corrected chi connectivity index (χ0v) is 14.8. The summed E-state index contributed by atoms with van der Waals surface area (Å²) in [6, 6.07) is 7.94. The standard InChI is InChI=1S/C20H19NO6/c1-21-5-4-10-6-14-15(25-8-24-14)7-12(10)17(21)18-11-2-3-13-19(26-9-23-13)16(11)20(22)27-18/h2-3,6-7,17-18,20,22H,4-5,8-9H2,1H3/t17-,18?,20-/m0/s1. The summed E-state index contributed by atoms with van der Waals surface area (Å²) in [5.74, 6) is 2.80. The molecule has 7 heteroatoms. The van der Waals surface area contributed by atoms with Gasteiger partial charge in [0.15, 0.2) is 29.3 Å². The van der Waals surface area contributed by atoms with Gasteiger partial charge in [0, 0.05) is 6.54 Å².